The van der Waals surface area contributed by atoms with Gasteiger partial charge in [-0.3, -0.25) is 10.1 Å². The molecule has 0 saturated heterocycles. The second-order valence-corrected chi connectivity index (χ2v) is 6.78. The molecule has 0 aliphatic rings. The van der Waals surface area contributed by atoms with Crippen molar-refractivity contribution >= 4 is 23.5 Å². The van der Waals surface area contributed by atoms with Crippen LogP contribution in [-0.2, 0) is 9.53 Å². The second-order valence-electron chi connectivity index (χ2n) is 6.78. The lowest BCUT2D eigenvalue weighted by molar-refractivity contribution is -0.131. The largest absolute Gasteiger partial charge is 0.491 e. The Hall–Kier alpha value is -3.65. The number of amides is 1. The lowest BCUT2D eigenvalue weighted by Gasteiger charge is -2.23. The monoisotopic (exact) mass is 427 g/mol. The van der Waals surface area contributed by atoms with Crippen molar-refractivity contribution in [3.8, 4) is 5.75 Å². The molecule has 0 radical (unpaired) electrons. The van der Waals surface area contributed by atoms with Gasteiger partial charge in [0.2, 0.25) is 0 Å². The predicted molar refractivity (Wildman–Crippen MR) is 114 cm³/mol. The number of aliphatic hydroxyl groups excluding tert-OH is 1. The zero-order valence-electron chi connectivity index (χ0n) is 17.3. The van der Waals surface area contributed by atoms with Crippen LogP contribution in [0.2, 0.25) is 0 Å². The average Bonchev–Trinajstić information content (AvgIpc) is 2.75. The summed E-state index contributed by atoms with van der Waals surface area (Å²) in [5.41, 5.74) is 1.61. The first-order valence-corrected chi connectivity index (χ1v) is 9.63. The Morgan fingerprint density at radius 1 is 1.06 bits per heavy atom. The number of Topliss-reactive ketones (excluding diaryl/α,β-unsaturated/α-hetero) is 1. The van der Waals surface area contributed by atoms with Crippen LogP contribution in [0.3, 0.4) is 0 Å². The number of ketones is 1. The van der Waals surface area contributed by atoms with Gasteiger partial charge in [0.1, 0.15) is 18.5 Å². The molecule has 0 saturated carbocycles. The van der Waals surface area contributed by atoms with Crippen LogP contribution >= 0.6 is 0 Å². The third kappa shape index (κ3) is 7.60. The fourth-order valence-electron chi connectivity index (χ4n) is 2.78. The Morgan fingerprint density at radius 2 is 1.71 bits per heavy atom. The molecule has 0 unspecified atom stereocenters. The van der Waals surface area contributed by atoms with Crippen molar-refractivity contribution in [3.63, 3.8) is 0 Å². The Labute approximate surface area is 180 Å². The van der Waals surface area contributed by atoms with E-state index in [1.807, 2.05) is 0 Å². The van der Waals surface area contributed by atoms with E-state index in [0.717, 1.165) is 6.08 Å². The standard InChI is InChI=1S/C23H25NO7/c1-15(3-12-21(27)28)22(18-6-10-20(11-7-18)30-14-13-25)31-23(29)24-19-8-4-17(5-9-19)16(2)26/h3-12,15,22,25H,13-14H2,1-2H3,(H,24,29)(H,27,28)/b12-3+/t15-,22+/m1/s1. The molecular formula is C23H25NO7. The van der Waals surface area contributed by atoms with E-state index in [2.05, 4.69) is 5.32 Å². The number of aliphatic hydroxyl groups is 1. The van der Waals surface area contributed by atoms with Crippen molar-refractivity contribution in [1.29, 1.82) is 0 Å². The highest BCUT2D eigenvalue weighted by atomic mass is 16.6. The average molecular weight is 427 g/mol. The number of hydrogen-bond acceptors (Lipinski definition) is 6. The number of aliphatic carboxylic acids is 1. The molecule has 0 aliphatic heterocycles. The highest BCUT2D eigenvalue weighted by Crippen LogP contribution is 2.29. The molecule has 2 aromatic rings. The maximum atomic E-state index is 12.5. The minimum absolute atomic E-state index is 0.0837. The van der Waals surface area contributed by atoms with Gasteiger partial charge in [-0.2, -0.15) is 0 Å². The number of hydrogen-bond donors (Lipinski definition) is 3. The number of rotatable bonds is 10. The molecule has 0 bridgehead atoms. The van der Waals surface area contributed by atoms with Crippen LogP contribution < -0.4 is 10.1 Å². The third-order valence-corrected chi connectivity index (χ3v) is 4.36. The maximum absolute atomic E-state index is 12.5. The van der Waals surface area contributed by atoms with Crippen molar-refractivity contribution in [2.24, 2.45) is 5.92 Å². The number of carbonyl (C=O) groups excluding carboxylic acids is 2. The summed E-state index contributed by atoms with van der Waals surface area (Å²) in [5.74, 6) is -1.08. The van der Waals surface area contributed by atoms with Crippen molar-refractivity contribution < 1.29 is 34.1 Å². The van der Waals surface area contributed by atoms with Crippen molar-refractivity contribution in [1.82, 2.24) is 0 Å². The Morgan fingerprint density at radius 3 is 2.26 bits per heavy atom. The third-order valence-electron chi connectivity index (χ3n) is 4.36. The van der Waals surface area contributed by atoms with Crippen LogP contribution in [0.4, 0.5) is 10.5 Å². The number of carboxylic acid groups (broad SMARTS) is 1. The SMILES string of the molecule is CC(=O)c1ccc(NC(=O)O[C@H](c2ccc(OCCO)cc2)[C@H](C)/C=C/C(=O)O)cc1. The normalized spacial score (nSPS) is 12.7. The zero-order chi connectivity index (χ0) is 22.8. The first-order chi connectivity index (χ1) is 14.8. The van der Waals surface area contributed by atoms with Crippen LogP contribution in [-0.4, -0.2) is 41.3 Å². The summed E-state index contributed by atoms with van der Waals surface area (Å²) in [7, 11) is 0. The molecule has 0 heterocycles. The molecule has 0 spiro atoms. The van der Waals surface area contributed by atoms with Gasteiger partial charge >= 0.3 is 12.1 Å². The minimum Gasteiger partial charge on any atom is -0.491 e. The predicted octanol–water partition coefficient (Wildman–Crippen LogP) is 3.83. The summed E-state index contributed by atoms with van der Waals surface area (Å²) in [4.78, 5) is 34.7. The summed E-state index contributed by atoms with van der Waals surface area (Å²) >= 11 is 0. The van der Waals surface area contributed by atoms with Gasteiger partial charge in [-0.25, -0.2) is 9.59 Å². The topological polar surface area (TPSA) is 122 Å². The highest BCUT2D eigenvalue weighted by Gasteiger charge is 2.22. The van der Waals surface area contributed by atoms with E-state index in [0.29, 0.717) is 22.6 Å². The van der Waals surface area contributed by atoms with Crippen LogP contribution in [0.25, 0.3) is 0 Å². The molecule has 0 fully saturated rings. The van der Waals surface area contributed by atoms with Crippen molar-refractivity contribution in [2.45, 2.75) is 20.0 Å². The van der Waals surface area contributed by atoms with Gasteiger partial charge in [0.05, 0.1) is 6.61 Å². The molecule has 0 aliphatic carbocycles. The van der Waals surface area contributed by atoms with E-state index in [9.17, 15) is 14.4 Å². The molecule has 164 valence electrons. The fourth-order valence-corrected chi connectivity index (χ4v) is 2.78. The Balaban J connectivity index is 2.16. The van der Waals surface area contributed by atoms with Crippen LogP contribution in [0, 0.1) is 5.92 Å². The van der Waals surface area contributed by atoms with Gasteiger partial charge in [0, 0.05) is 23.2 Å². The van der Waals surface area contributed by atoms with Crippen LogP contribution in [0.5, 0.6) is 5.75 Å². The van der Waals surface area contributed by atoms with E-state index in [4.69, 9.17) is 19.7 Å². The second kappa shape index (κ2) is 11.5. The highest BCUT2D eigenvalue weighted by molar-refractivity contribution is 5.95. The molecule has 8 heteroatoms. The Bertz CT molecular complexity index is 920. The smallest absolute Gasteiger partial charge is 0.412 e. The summed E-state index contributed by atoms with van der Waals surface area (Å²) in [6, 6.07) is 13.1. The van der Waals surface area contributed by atoms with Gasteiger partial charge in [-0.15, -0.1) is 0 Å². The molecule has 31 heavy (non-hydrogen) atoms. The lowest BCUT2D eigenvalue weighted by atomic mass is 9.96. The Kier molecular flexibility index (Phi) is 8.78. The maximum Gasteiger partial charge on any atom is 0.412 e. The zero-order valence-corrected chi connectivity index (χ0v) is 17.3. The van der Waals surface area contributed by atoms with Crippen molar-refractivity contribution in [2.75, 3.05) is 18.5 Å². The minimum atomic E-state index is -1.10. The molecule has 8 nitrogen and oxygen atoms in total. The van der Waals surface area contributed by atoms with E-state index >= 15 is 0 Å². The summed E-state index contributed by atoms with van der Waals surface area (Å²) in [6.45, 7) is 3.22. The van der Waals surface area contributed by atoms with Crippen LogP contribution in [0.1, 0.15) is 35.9 Å². The first-order valence-electron chi connectivity index (χ1n) is 9.63. The van der Waals surface area contributed by atoms with E-state index in [1.54, 1.807) is 55.5 Å². The number of anilines is 1. The van der Waals surface area contributed by atoms with Gasteiger partial charge in [-0.1, -0.05) is 25.1 Å². The van der Waals surface area contributed by atoms with Gasteiger partial charge in [-0.05, 0) is 48.9 Å². The summed E-state index contributed by atoms with van der Waals surface area (Å²) < 4.78 is 10.9. The molecular weight excluding hydrogens is 402 g/mol. The number of ether oxygens (including phenoxy) is 2. The molecule has 2 rings (SSSR count). The number of carboxylic acids is 1. The lowest BCUT2D eigenvalue weighted by Crippen LogP contribution is -2.21. The number of nitrogens with one attached hydrogen (secondary N) is 1. The van der Waals surface area contributed by atoms with Crippen molar-refractivity contribution in [3.05, 3.63) is 71.8 Å². The molecule has 2 atom stereocenters. The summed E-state index contributed by atoms with van der Waals surface area (Å²) in [6.07, 6.45) is 0.951. The van der Waals surface area contributed by atoms with Gasteiger partial charge < -0.3 is 19.7 Å². The molecule has 2 aromatic carbocycles. The first kappa shape index (κ1) is 23.6. The summed E-state index contributed by atoms with van der Waals surface area (Å²) in [5, 5.41) is 20.4. The van der Waals surface area contributed by atoms with E-state index in [-0.39, 0.29) is 19.0 Å². The molecule has 3 N–H and O–H groups in total. The van der Waals surface area contributed by atoms with E-state index in [1.165, 1.54) is 13.0 Å². The van der Waals surface area contributed by atoms with Crippen LogP contribution in [0.15, 0.2) is 60.7 Å². The molecule has 0 aromatic heterocycles. The quantitative estimate of drug-likeness (QED) is 0.389. The molecule has 1 amide bonds. The number of benzene rings is 2. The van der Waals surface area contributed by atoms with E-state index < -0.39 is 24.1 Å². The number of carbonyl (C=O) groups is 3. The van der Waals surface area contributed by atoms with Gasteiger partial charge in [0.25, 0.3) is 0 Å². The van der Waals surface area contributed by atoms with Gasteiger partial charge in [0.15, 0.2) is 5.78 Å². The fraction of sp³-hybridized carbons (Fsp3) is 0.261.